The van der Waals surface area contributed by atoms with Crippen LogP contribution in [-0.4, -0.2) is 25.5 Å². The van der Waals surface area contributed by atoms with Gasteiger partial charge in [-0.25, -0.2) is 13.6 Å². The molecule has 1 amide bonds. The highest BCUT2D eigenvalue weighted by Crippen LogP contribution is 2.20. The van der Waals surface area contributed by atoms with E-state index in [1.807, 2.05) is 0 Å². The number of carbonyl (C=O) groups is 2. The molecule has 0 bridgehead atoms. The van der Waals surface area contributed by atoms with Crippen molar-refractivity contribution in [3.8, 4) is 0 Å². The number of nitrogens with one attached hydrogen (secondary N) is 2. The van der Waals surface area contributed by atoms with Gasteiger partial charge >= 0.3 is 5.97 Å². The average Bonchev–Trinajstić information content (AvgIpc) is 2.56. The third kappa shape index (κ3) is 4.42. The SMILES string of the molecule is COC(=O)c1ccc(NCC(=O)Nc2cc(Cl)ccc2F)c(F)c1. The second kappa shape index (κ2) is 7.74. The zero-order chi connectivity index (χ0) is 17.7. The largest absolute Gasteiger partial charge is 0.465 e. The standard InChI is InChI=1S/C16H13ClF2N2O3/c1-24-16(23)9-2-5-13(12(19)6-9)20-8-15(22)21-14-7-10(17)3-4-11(14)18/h2-7,20H,8H2,1H3,(H,21,22). The molecule has 0 atom stereocenters. The number of benzene rings is 2. The van der Waals surface area contributed by atoms with E-state index in [1.54, 1.807) is 0 Å². The van der Waals surface area contributed by atoms with Crippen molar-refractivity contribution in [2.24, 2.45) is 0 Å². The van der Waals surface area contributed by atoms with Gasteiger partial charge in [0, 0.05) is 5.02 Å². The van der Waals surface area contributed by atoms with E-state index in [0.29, 0.717) is 0 Å². The van der Waals surface area contributed by atoms with Crippen LogP contribution in [0.1, 0.15) is 10.4 Å². The Morgan fingerprint density at radius 2 is 1.83 bits per heavy atom. The average molecular weight is 355 g/mol. The maximum absolute atomic E-state index is 13.9. The van der Waals surface area contributed by atoms with E-state index >= 15 is 0 Å². The molecule has 126 valence electrons. The van der Waals surface area contributed by atoms with Gasteiger partial charge in [0.25, 0.3) is 0 Å². The number of ether oxygens (including phenoxy) is 1. The smallest absolute Gasteiger partial charge is 0.337 e. The van der Waals surface area contributed by atoms with Gasteiger partial charge < -0.3 is 15.4 Å². The molecule has 5 nitrogen and oxygen atoms in total. The van der Waals surface area contributed by atoms with Gasteiger partial charge in [0.1, 0.15) is 11.6 Å². The lowest BCUT2D eigenvalue weighted by molar-refractivity contribution is -0.114. The zero-order valence-corrected chi connectivity index (χ0v) is 13.3. The van der Waals surface area contributed by atoms with Gasteiger partial charge in [-0.3, -0.25) is 4.79 Å². The van der Waals surface area contributed by atoms with Crippen LogP contribution >= 0.6 is 11.6 Å². The Kier molecular flexibility index (Phi) is 5.70. The van der Waals surface area contributed by atoms with Gasteiger partial charge in [-0.1, -0.05) is 11.6 Å². The minimum Gasteiger partial charge on any atom is -0.465 e. The molecule has 0 radical (unpaired) electrons. The molecule has 0 saturated heterocycles. The Hall–Kier alpha value is -2.67. The van der Waals surface area contributed by atoms with E-state index in [1.165, 1.54) is 31.4 Å². The second-order valence-electron chi connectivity index (χ2n) is 4.71. The Labute approximate surface area is 141 Å². The van der Waals surface area contributed by atoms with Crippen LogP contribution in [0, 0.1) is 11.6 Å². The highest BCUT2D eigenvalue weighted by Gasteiger charge is 2.12. The van der Waals surface area contributed by atoms with E-state index in [4.69, 9.17) is 11.6 Å². The fourth-order valence-corrected chi connectivity index (χ4v) is 2.04. The van der Waals surface area contributed by atoms with Crippen molar-refractivity contribution >= 4 is 34.9 Å². The summed E-state index contributed by atoms with van der Waals surface area (Å²) in [5.41, 5.74) is -0.00817. The number of carbonyl (C=O) groups excluding carboxylic acids is 2. The lowest BCUT2D eigenvalue weighted by Gasteiger charge is -2.10. The first-order valence-corrected chi connectivity index (χ1v) is 7.15. The van der Waals surface area contributed by atoms with Crippen molar-refractivity contribution in [2.45, 2.75) is 0 Å². The topological polar surface area (TPSA) is 67.4 Å². The van der Waals surface area contributed by atoms with Gasteiger partial charge in [-0.15, -0.1) is 0 Å². The lowest BCUT2D eigenvalue weighted by Crippen LogP contribution is -2.22. The maximum Gasteiger partial charge on any atom is 0.337 e. The van der Waals surface area contributed by atoms with Crippen molar-refractivity contribution in [3.05, 3.63) is 58.6 Å². The number of hydrogen-bond donors (Lipinski definition) is 2. The Morgan fingerprint density at radius 3 is 2.50 bits per heavy atom. The first-order chi connectivity index (χ1) is 11.4. The maximum atomic E-state index is 13.9. The summed E-state index contributed by atoms with van der Waals surface area (Å²) in [5.74, 6) is -2.62. The van der Waals surface area contributed by atoms with E-state index in [0.717, 1.165) is 12.1 Å². The van der Waals surface area contributed by atoms with Crippen molar-refractivity contribution in [3.63, 3.8) is 0 Å². The summed E-state index contributed by atoms with van der Waals surface area (Å²) in [6.45, 7) is -0.305. The molecule has 0 aliphatic rings. The number of rotatable bonds is 5. The molecular weight excluding hydrogens is 342 g/mol. The summed E-state index contributed by atoms with van der Waals surface area (Å²) in [6, 6.07) is 7.38. The molecule has 0 unspecified atom stereocenters. The minimum absolute atomic E-state index is 0.0179. The number of amides is 1. The third-order valence-electron chi connectivity index (χ3n) is 3.03. The second-order valence-corrected chi connectivity index (χ2v) is 5.15. The summed E-state index contributed by atoms with van der Waals surface area (Å²) < 4.78 is 31.9. The summed E-state index contributed by atoms with van der Waals surface area (Å²) in [4.78, 5) is 23.1. The molecule has 0 spiro atoms. The molecule has 0 aliphatic heterocycles. The van der Waals surface area contributed by atoms with Crippen LogP contribution in [0.3, 0.4) is 0 Å². The number of anilines is 2. The minimum atomic E-state index is -0.723. The van der Waals surface area contributed by atoms with E-state index in [2.05, 4.69) is 15.4 Å². The molecular formula is C16H13ClF2N2O3. The number of methoxy groups -OCH3 is 1. The summed E-state index contributed by atoms with van der Waals surface area (Å²) in [7, 11) is 1.19. The van der Waals surface area contributed by atoms with Crippen molar-refractivity contribution in [1.82, 2.24) is 0 Å². The summed E-state index contributed by atoms with van der Waals surface area (Å²) in [6.07, 6.45) is 0. The van der Waals surface area contributed by atoms with E-state index in [-0.39, 0.29) is 28.5 Å². The van der Waals surface area contributed by atoms with Crippen LogP contribution in [0.2, 0.25) is 5.02 Å². The lowest BCUT2D eigenvalue weighted by atomic mass is 10.2. The van der Waals surface area contributed by atoms with Crippen LogP contribution in [0.5, 0.6) is 0 Å². The number of esters is 1. The van der Waals surface area contributed by atoms with Gasteiger partial charge in [0.2, 0.25) is 5.91 Å². The van der Waals surface area contributed by atoms with Crippen molar-refractivity contribution < 1.29 is 23.1 Å². The summed E-state index contributed by atoms with van der Waals surface area (Å²) in [5, 5.41) is 5.15. The predicted octanol–water partition coefficient (Wildman–Crippen LogP) is 3.46. The van der Waals surface area contributed by atoms with Crippen LogP contribution in [-0.2, 0) is 9.53 Å². The van der Waals surface area contributed by atoms with Gasteiger partial charge in [-0.2, -0.15) is 0 Å². The fourth-order valence-electron chi connectivity index (χ4n) is 1.87. The molecule has 2 rings (SSSR count). The number of hydrogen-bond acceptors (Lipinski definition) is 4. The summed E-state index contributed by atoms with van der Waals surface area (Å²) >= 11 is 5.73. The van der Waals surface area contributed by atoms with Crippen LogP contribution < -0.4 is 10.6 Å². The molecule has 8 heteroatoms. The quantitative estimate of drug-likeness (QED) is 0.807. The molecule has 2 aromatic carbocycles. The van der Waals surface area contributed by atoms with E-state index in [9.17, 15) is 18.4 Å². The highest BCUT2D eigenvalue weighted by molar-refractivity contribution is 6.30. The van der Waals surface area contributed by atoms with Gasteiger partial charge in [0.05, 0.1) is 30.6 Å². The zero-order valence-electron chi connectivity index (χ0n) is 12.5. The molecule has 24 heavy (non-hydrogen) atoms. The third-order valence-corrected chi connectivity index (χ3v) is 3.27. The van der Waals surface area contributed by atoms with Crippen LogP contribution in [0.25, 0.3) is 0 Å². The monoisotopic (exact) mass is 354 g/mol. The molecule has 2 aromatic rings. The normalized spacial score (nSPS) is 10.2. The molecule has 0 fully saturated rings. The van der Waals surface area contributed by atoms with Gasteiger partial charge in [0.15, 0.2) is 0 Å². The number of halogens is 3. The highest BCUT2D eigenvalue weighted by atomic mass is 35.5. The Morgan fingerprint density at radius 1 is 1.08 bits per heavy atom. The molecule has 0 aromatic heterocycles. The molecule has 0 heterocycles. The first-order valence-electron chi connectivity index (χ1n) is 6.77. The molecule has 0 saturated carbocycles. The van der Waals surface area contributed by atoms with Crippen LogP contribution in [0.4, 0.5) is 20.2 Å². The Balaban J connectivity index is 1.99. The van der Waals surface area contributed by atoms with Crippen molar-refractivity contribution in [2.75, 3.05) is 24.3 Å². The molecule has 2 N–H and O–H groups in total. The fraction of sp³-hybridized carbons (Fsp3) is 0.125. The van der Waals surface area contributed by atoms with Gasteiger partial charge in [-0.05, 0) is 36.4 Å². The Bertz CT molecular complexity index is 784. The van der Waals surface area contributed by atoms with Crippen LogP contribution in [0.15, 0.2) is 36.4 Å². The van der Waals surface area contributed by atoms with E-state index < -0.39 is 23.5 Å². The molecule has 0 aliphatic carbocycles. The first kappa shape index (κ1) is 17.7. The van der Waals surface area contributed by atoms with Crippen molar-refractivity contribution in [1.29, 1.82) is 0 Å². The predicted molar refractivity (Wildman–Crippen MR) is 86.3 cm³/mol.